The molecule has 0 radical (unpaired) electrons. The largest absolute Gasteiger partial charge is 0.324 e. The summed E-state index contributed by atoms with van der Waals surface area (Å²) >= 11 is 0. The fraction of sp³-hybridized carbons (Fsp3) is 0.167. The summed E-state index contributed by atoms with van der Waals surface area (Å²) in [6, 6.07) is 25.7. The molecule has 150 valence electrons. The van der Waals surface area contributed by atoms with Gasteiger partial charge in [-0.15, -0.1) is 10.2 Å². The van der Waals surface area contributed by atoms with Crippen LogP contribution in [-0.4, -0.2) is 26.1 Å². The Labute approximate surface area is 175 Å². The zero-order chi connectivity index (χ0) is 20.9. The van der Waals surface area contributed by atoms with Crippen LogP contribution in [0.5, 0.6) is 0 Å². The van der Waals surface area contributed by atoms with Gasteiger partial charge in [-0.25, -0.2) is 0 Å². The molecular formula is C24H23N5O. The third kappa shape index (κ3) is 4.43. The first-order valence-corrected chi connectivity index (χ1v) is 9.92. The summed E-state index contributed by atoms with van der Waals surface area (Å²) in [5.41, 5.74) is 4.88. The quantitative estimate of drug-likeness (QED) is 0.509. The molecule has 1 heterocycles. The maximum Gasteiger partial charge on any atom is 0.248 e. The van der Waals surface area contributed by atoms with Crippen LogP contribution in [0.1, 0.15) is 25.3 Å². The Kier molecular flexibility index (Phi) is 5.66. The van der Waals surface area contributed by atoms with E-state index in [4.69, 9.17) is 0 Å². The van der Waals surface area contributed by atoms with E-state index >= 15 is 0 Å². The number of para-hydroxylation sites is 1. The third-order valence-corrected chi connectivity index (χ3v) is 4.86. The molecule has 0 aliphatic rings. The molecule has 0 atom stereocenters. The minimum absolute atomic E-state index is 0.0137. The molecular weight excluding hydrogens is 374 g/mol. The number of benzene rings is 3. The van der Waals surface area contributed by atoms with Crippen molar-refractivity contribution in [2.75, 3.05) is 5.32 Å². The Morgan fingerprint density at radius 1 is 0.900 bits per heavy atom. The summed E-state index contributed by atoms with van der Waals surface area (Å²) in [6.45, 7) is 4.29. The maximum atomic E-state index is 12.6. The number of tetrazole rings is 1. The van der Waals surface area contributed by atoms with Gasteiger partial charge in [-0.1, -0.05) is 86.6 Å². The molecule has 4 aromatic rings. The molecule has 6 heteroatoms. The van der Waals surface area contributed by atoms with Crippen molar-refractivity contribution in [3.8, 4) is 22.5 Å². The SMILES string of the molecule is CC(C)c1ccc(-c2nnn(CC(=O)Nc3ccccc3-c3ccccc3)n2)cc1. The highest BCUT2D eigenvalue weighted by Crippen LogP contribution is 2.27. The van der Waals surface area contributed by atoms with E-state index in [0.29, 0.717) is 11.7 Å². The average Bonchev–Trinajstić information content (AvgIpc) is 3.23. The highest BCUT2D eigenvalue weighted by atomic mass is 16.2. The first-order chi connectivity index (χ1) is 14.6. The van der Waals surface area contributed by atoms with E-state index in [2.05, 4.69) is 46.7 Å². The number of aromatic nitrogens is 4. The van der Waals surface area contributed by atoms with Gasteiger partial charge >= 0.3 is 0 Å². The highest BCUT2D eigenvalue weighted by molar-refractivity contribution is 5.95. The van der Waals surface area contributed by atoms with Gasteiger partial charge in [0.15, 0.2) is 0 Å². The first kappa shape index (κ1) is 19.5. The van der Waals surface area contributed by atoms with Crippen molar-refractivity contribution in [3.05, 3.63) is 84.4 Å². The van der Waals surface area contributed by atoms with E-state index in [9.17, 15) is 4.79 Å². The fourth-order valence-corrected chi connectivity index (χ4v) is 3.22. The predicted octanol–water partition coefficient (Wildman–Crippen LogP) is 4.77. The molecule has 0 saturated heterocycles. The summed E-state index contributed by atoms with van der Waals surface area (Å²) in [6.07, 6.45) is 0. The average molecular weight is 397 g/mol. The number of nitrogens with one attached hydrogen (secondary N) is 1. The summed E-state index contributed by atoms with van der Waals surface area (Å²) in [7, 11) is 0. The molecule has 0 unspecified atom stereocenters. The lowest BCUT2D eigenvalue weighted by Crippen LogP contribution is -2.20. The number of anilines is 1. The number of carbonyl (C=O) groups excluding carboxylic acids is 1. The number of carbonyl (C=O) groups is 1. The molecule has 1 amide bonds. The van der Waals surface area contributed by atoms with E-state index in [1.54, 1.807) is 0 Å². The second-order valence-corrected chi connectivity index (χ2v) is 7.38. The fourth-order valence-electron chi connectivity index (χ4n) is 3.22. The van der Waals surface area contributed by atoms with Crippen LogP contribution < -0.4 is 5.32 Å². The lowest BCUT2D eigenvalue weighted by Gasteiger charge is -2.11. The van der Waals surface area contributed by atoms with Crippen molar-refractivity contribution >= 4 is 11.6 Å². The van der Waals surface area contributed by atoms with Crippen molar-refractivity contribution in [3.63, 3.8) is 0 Å². The third-order valence-electron chi connectivity index (χ3n) is 4.86. The Balaban J connectivity index is 1.46. The molecule has 1 N–H and O–H groups in total. The summed E-state index contributed by atoms with van der Waals surface area (Å²) in [4.78, 5) is 13.9. The van der Waals surface area contributed by atoms with Crippen LogP contribution in [0.4, 0.5) is 5.69 Å². The number of rotatable bonds is 6. The van der Waals surface area contributed by atoms with Gasteiger partial charge in [0, 0.05) is 16.8 Å². The lowest BCUT2D eigenvalue weighted by atomic mass is 10.0. The van der Waals surface area contributed by atoms with Crippen molar-refractivity contribution in [1.29, 1.82) is 0 Å². The van der Waals surface area contributed by atoms with Crippen LogP contribution >= 0.6 is 0 Å². The Morgan fingerprint density at radius 2 is 1.60 bits per heavy atom. The molecule has 0 bridgehead atoms. The molecule has 0 saturated carbocycles. The molecule has 0 aliphatic carbocycles. The molecule has 0 spiro atoms. The molecule has 30 heavy (non-hydrogen) atoms. The Hall–Kier alpha value is -3.80. The van der Waals surface area contributed by atoms with E-state index < -0.39 is 0 Å². The van der Waals surface area contributed by atoms with E-state index in [-0.39, 0.29) is 12.5 Å². The molecule has 0 aliphatic heterocycles. The van der Waals surface area contributed by atoms with E-state index in [1.807, 2.05) is 66.7 Å². The van der Waals surface area contributed by atoms with Crippen molar-refractivity contribution in [2.24, 2.45) is 0 Å². The minimum atomic E-state index is -0.211. The van der Waals surface area contributed by atoms with Gasteiger partial charge in [0.2, 0.25) is 11.7 Å². The number of hydrogen-bond acceptors (Lipinski definition) is 4. The van der Waals surface area contributed by atoms with Gasteiger partial charge in [-0.05, 0) is 28.3 Å². The van der Waals surface area contributed by atoms with E-state index in [1.165, 1.54) is 10.4 Å². The Bertz CT molecular complexity index is 1130. The molecule has 0 fully saturated rings. The zero-order valence-corrected chi connectivity index (χ0v) is 17.0. The van der Waals surface area contributed by atoms with E-state index in [0.717, 1.165) is 22.4 Å². The van der Waals surface area contributed by atoms with Crippen LogP contribution in [0.25, 0.3) is 22.5 Å². The Morgan fingerprint density at radius 3 is 2.33 bits per heavy atom. The predicted molar refractivity (Wildman–Crippen MR) is 118 cm³/mol. The standard InChI is InChI=1S/C24H23N5O/c1-17(2)18-12-14-20(15-13-18)24-26-28-29(27-24)16-23(30)25-22-11-7-6-10-21(22)19-8-4-3-5-9-19/h3-15,17H,16H2,1-2H3,(H,25,30). The van der Waals surface area contributed by atoms with Crippen LogP contribution in [0.2, 0.25) is 0 Å². The van der Waals surface area contributed by atoms with Crippen molar-refractivity contribution in [2.45, 2.75) is 26.3 Å². The molecule has 3 aromatic carbocycles. The highest BCUT2D eigenvalue weighted by Gasteiger charge is 2.12. The first-order valence-electron chi connectivity index (χ1n) is 9.92. The van der Waals surface area contributed by atoms with Gasteiger partial charge in [-0.3, -0.25) is 4.79 Å². The van der Waals surface area contributed by atoms with Crippen LogP contribution in [0.15, 0.2) is 78.9 Å². The van der Waals surface area contributed by atoms with Gasteiger partial charge in [0.05, 0.1) is 0 Å². The summed E-state index contributed by atoms with van der Waals surface area (Å²) in [5, 5.41) is 15.4. The summed E-state index contributed by atoms with van der Waals surface area (Å²) < 4.78 is 0. The van der Waals surface area contributed by atoms with Gasteiger partial charge < -0.3 is 5.32 Å². The van der Waals surface area contributed by atoms with Crippen LogP contribution in [0.3, 0.4) is 0 Å². The lowest BCUT2D eigenvalue weighted by molar-refractivity contribution is -0.117. The number of amides is 1. The van der Waals surface area contributed by atoms with Gasteiger partial charge in [-0.2, -0.15) is 4.80 Å². The van der Waals surface area contributed by atoms with Crippen molar-refractivity contribution < 1.29 is 4.79 Å². The van der Waals surface area contributed by atoms with Gasteiger partial charge in [0.25, 0.3) is 0 Å². The van der Waals surface area contributed by atoms with Crippen LogP contribution in [0, 0.1) is 0 Å². The van der Waals surface area contributed by atoms with Crippen molar-refractivity contribution in [1.82, 2.24) is 20.2 Å². The summed E-state index contributed by atoms with van der Waals surface area (Å²) in [5.74, 6) is 0.755. The second-order valence-electron chi connectivity index (χ2n) is 7.38. The zero-order valence-electron chi connectivity index (χ0n) is 17.0. The maximum absolute atomic E-state index is 12.6. The topological polar surface area (TPSA) is 72.7 Å². The molecule has 6 nitrogen and oxygen atoms in total. The van der Waals surface area contributed by atoms with Crippen LogP contribution in [-0.2, 0) is 11.3 Å². The number of hydrogen-bond donors (Lipinski definition) is 1. The molecule has 1 aromatic heterocycles. The smallest absolute Gasteiger partial charge is 0.248 e. The number of nitrogens with zero attached hydrogens (tertiary/aromatic N) is 4. The second kappa shape index (κ2) is 8.69. The van der Waals surface area contributed by atoms with Gasteiger partial charge in [0.1, 0.15) is 6.54 Å². The minimum Gasteiger partial charge on any atom is -0.324 e. The normalized spacial score (nSPS) is 10.9. The monoisotopic (exact) mass is 397 g/mol. The molecule has 4 rings (SSSR count).